The molecule has 2 aliphatic rings. The van der Waals surface area contributed by atoms with Gasteiger partial charge in [0.2, 0.25) is 0 Å². The molecule has 0 N–H and O–H groups in total. The molecule has 2 aliphatic heterocycles. The van der Waals surface area contributed by atoms with E-state index in [-0.39, 0.29) is 18.1 Å². The van der Waals surface area contributed by atoms with Crippen LogP contribution in [0, 0.1) is 0 Å². The van der Waals surface area contributed by atoms with Gasteiger partial charge in [0.1, 0.15) is 0 Å². The zero-order valence-electron chi connectivity index (χ0n) is 8.54. The average molecular weight is 219 g/mol. The lowest BCUT2D eigenvalue weighted by Gasteiger charge is -2.37. The van der Waals surface area contributed by atoms with Crippen molar-refractivity contribution in [2.24, 2.45) is 0 Å². The van der Waals surface area contributed by atoms with E-state index in [0.29, 0.717) is 11.1 Å². The van der Waals surface area contributed by atoms with Crippen LogP contribution in [0.5, 0.6) is 0 Å². The third-order valence-electron chi connectivity index (χ3n) is 2.65. The van der Waals surface area contributed by atoms with Crippen molar-refractivity contribution in [3.63, 3.8) is 0 Å². The van der Waals surface area contributed by atoms with Gasteiger partial charge in [-0.2, -0.15) is 0 Å². The van der Waals surface area contributed by atoms with Gasteiger partial charge in [-0.05, 0) is 19.1 Å². The number of fused-ring (bicyclic) bond motifs is 1. The minimum Gasteiger partial charge on any atom is -0.305 e. The number of benzene rings is 1. The molecule has 1 aromatic carbocycles. The van der Waals surface area contributed by atoms with Gasteiger partial charge in [-0.1, -0.05) is 12.1 Å². The summed E-state index contributed by atoms with van der Waals surface area (Å²) in [6.07, 6.45) is -1.24. The molecule has 16 heavy (non-hydrogen) atoms. The Bertz CT molecular complexity index is 444. The second-order valence-electron chi connectivity index (χ2n) is 3.67. The molecule has 1 aromatic rings. The molecule has 5 heteroatoms. The molecule has 0 aliphatic carbocycles. The van der Waals surface area contributed by atoms with Crippen LogP contribution < -0.4 is 0 Å². The molecule has 3 rings (SSSR count). The van der Waals surface area contributed by atoms with E-state index in [0.717, 1.165) is 4.90 Å². The molecule has 0 unspecified atom stereocenters. The zero-order chi connectivity index (χ0) is 11.3. The van der Waals surface area contributed by atoms with Crippen molar-refractivity contribution >= 4 is 11.8 Å². The Morgan fingerprint density at radius 1 is 1.06 bits per heavy atom. The van der Waals surface area contributed by atoms with Crippen LogP contribution in [0.3, 0.4) is 0 Å². The van der Waals surface area contributed by atoms with Crippen LogP contribution in [-0.4, -0.2) is 29.4 Å². The Labute approximate surface area is 91.6 Å². The quantitative estimate of drug-likeness (QED) is 0.660. The third kappa shape index (κ3) is 1.12. The molecule has 0 radical (unpaired) electrons. The summed E-state index contributed by atoms with van der Waals surface area (Å²) in [6.45, 7) is 1.70. The van der Waals surface area contributed by atoms with Crippen molar-refractivity contribution in [1.29, 1.82) is 0 Å². The highest BCUT2D eigenvalue weighted by Gasteiger charge is 2.45. The lowest BCUT2D eigenvalue weighted by molar-refractivity contribution is -0.405. The Morgan fingerprint density at radius 3 is 2.00 bits per heavy atom. The molecule has 2 heterocycles. The van der Waals surface area contributed by atoms with Crippen LogP contribution in [0.4, 0.5) is 0 Å². The maximum Gasteiger partial charge on any atom is 0.265 e. The number of nitrogens with zero attached hydrogens (tertiary/aromatic N) is 1. The fourth-order valence-electron chi connectivity index (χ4n) is 1.86. The van der Waals surface area contributed by atoms with E-state index in [1.54, 1.807) is 31.2 Å². The fraction of sp³-hybridized carbons (Fsp3) is 0.273. The molecule has 0 spiro atoms. The molecule has 82 valence electrons. The number of carbonyl (C=O) groups is 2. The maximum absolute atomic E-state index is 11.9. The highest BCUT2D eigenvalue weighted by Crippen LogP contribution is 2.29. The lowest BCUT2D eigenvalue weighted by Crippen LogP contribution is -2.53. The van der Waals surface area contributed by atoms with Gasteiger partial charge in [-0.25, -0.2) is 4.90 Å². The summed E-state index contributed by atoms with van der Waals surface area (Å²) in [4.78, 5) is 24.8. The molecule has 2 amide bonds. The summed E-state index contributed by atoms with van der Waals surface area (Å²) >= 11 is 0. The monoisotopic (exact) mass is 219 g/mol. The normalized spacial score (nSPS) is 27.9. The molecule has 0 aromatic heterocycles. The molecule has 5 nitrogen and oxygen atoms in total. The van der Waals surface area contributed by atoms with Crippen molar-refractivity contribution in [2.75, 3.05) is 0 Å². The SMILES string of the molecule is CC1OC(N2C(=O)c3ccccc3C2=O)O1. The number of ether oxygens (including phenoxy) is 2. The fourth-order valence-corrected chi connectivity index (χ4v) is 1.86. The van der Waals surface area contributed by atoms with Crippen molar-refractivity contribution in [3.05, 3.63) is 35.4 Å². The summed E-state index contributed by atoms with van der Waals surface area (Å²) in [7, 11) is 0. The second-order valence-corrected chi connectivity index (χ2v) is 3.67. The van der Waals surface area contributed by atoms with Crippen molar-refractivity contribution in [2.45, 2.75) is 19.6 Å². The first-order valence-corrected chi connectivity index (χ1v) is 4.96. The maximum atomic E-state index is 11.9. The number of hydrogen-bond donors (Lipinski definition) is 0. The standard InChI is InChI=1S/C11H9NO4/c1-6-15-11(16-6)12-9(13)7-4-2-3-5-8(7)10(12)14/h2-6,11H,1H3. The largest absolute Gasteiger partial charge is 0.305 e. The van der Waals surface area contributed by atoms with E-state index in [4.69, 9.17) is 9.47 Å². The van der Waals surface area contributed by atoms with Crippen LogP contribution in [0.1, 0.15) is 27.6 Å². The highest BCUT2D eigenvalue weighted by atomic mass is 16.9. The molecular formula is C11H9NO4. The third-order valence-corrected chi connectivity index (χ3v) is 2.65. The van der Waals surface area contributed by atoms with E-state index in [2.05, 4.69) is 0 Å². The minimum atomic E-state index is -0.873. The van der Waals surface area contributed by atoms with Gasteiger partial charge in [0.25, 0.3) is 18.2 Å². The van der Waals surface area contributed by atoms with Crippen LogP contribution >= 0.6 is 0 Å². The van der Waals surface area contributed by atoms with E-state index in [9.17, 15) is 9.59 Å². The number of amides is 2. The van der Waals surface area contributed by atoms with Crippen LogP contribution in [0.15, 0.2) is 24.3 Å². The minimum absolute atomic E-state index is 0.363. The summed E-state index contributed by atoms with van der Waals surface area (Å²) in [5.41, 5.74) is 0.804. The predicted molar refractivity (Wildman–Crippen MR) is 52.4 cm³/mol. The molecule has 0 bridgehead atoms. The zero-order valence-corrected chi connectivity index (χ0v) is 8.54. The Balaban J connectivity index is 1.96. The summed E-state index contributed by atoms with van der Waals surface area (Å²) in [5.74, 6) is -0.727. The van der Waals surface area contributed by atoms with Crippen LogP contribution in [-0.2, 0) is 9.47 Å². The van der Waals surface area contributed by atoms with Gasteiger partial charge >= 0.3 is 0 Å². The van der Waals surface area contributed by atoms with Crippen LogP contribution in [0.2, 0.25) is 0 Å². The smallest absolute Gasteiger partial charge is 0.265 e. The van der Waals surface area contributed by atoms with Crippen LogP contribution in [0.25, 0.3) is 0 Å². The second kappa shape index (κ2) is 3.13. The van der Waals surface area contributed by atoms with Crippen molar-refractivity contribution < 1.29 is 19.1 Å². The van der Waals surface area contributed by atoms with Gasteiger partial charge in [-0.3, -0.25) is 9.59 Å². The lowest BCUT2D eigenvalue weighted by atomic mass is 10.1. The average Bonchev–Trinajstić information content (AvgIpc) is 2.49. The summed E-state index contributed by atoms with van der Waals surface area (Å²) < 4.78 is 10.3. The van der Waals surface area contributed by atoms with Gasteiger partial charge < -0.3 is 9.47 Å². The van der Waals surface area contributed by atoms with E-state index < -0.39 is 6.41 Å². The Hall–Kier alpha value is -1.72. The molecule has 0 atom stereocenters. The Kier molecular flexibility index (Phi) is 1.86. The molecular weight excluding hydrogens is 210 g/mol. The van der Waals surface area contributed by atoms with E-state index >= 15 is 0 Å². The summed E-state index contributed by atoms with van der Waals surface area (Å²) in [5, 5.41) is 0. The van der Waals surface area contributed by atoms with Gasteiger partial charge in [0.15, 0.2) is 6.29 Å². The van der Waals surface area contributed by atoms with E-state index in [1.807, 2.05) is 0 Å². The number of carbonyl (C=O) groups excluding carboxylic acids is 2. The topological polar surface area (TPSA) is 55.8 Å². The van der Waals surface area contributed by atoms with Crippen molar-refractivity contribution in [3.8, 4) is 0 Å². The first-order valence-electron chi connectivity index (χ1n) is 4.96. The number of rotatable bonds is 1. The van der Waals surface area contributed by atoms with E-state index in [1.165, 1.54) is 0 Å². The first kappa shape index (κ1) is 9.50. The van der Waals surface area contributed by atoms with Gasteiger partial charge in [0, 0.05) is 0 Å². The summed E-state index contributed by atoms with van der Waals surface area (Å²) in [6, 6.07) is 6.69. The van der Waals surface area contributed by atoms with Gasteiger partial charge in [0.05, 0.1) is 11.1 Å². The van der Waals surface area contributed by atoms with Gasteiger partial charge in [-0.15, -0.1) is 0 Å². The number of imide groups is 1. The van der Waals surface area contributed by atoms with Crippen molar-refractivity contribution in [1.82, 2.24) is 4.90 Å². The predicted octanol–water partition coefficient (Wildman–Crippen LogP) is 0.959. The highest BCUT2D eigenvalue weighted by molar-refractivity contribution is 6.21. The number of hydrogen-bond acceptors (Lipinski definition) is 4. The first-order chi connectivity index (χ1) is 7.68. The Morgan fingerprint density at radius 2 is 1.56 bits per heavy atom. The molecule has 0 saturated carbocycles. The molecule has 1 saturated heterocycles. The molecule has 1 fully saturated rings.